The van der Waals surface area contributed by atoms with Crippen molar-refractivity contribution in [1.29, 1.82) is 0 Å². The molecule has 5 heteroatoms. The van der Waals surface area contributed by atoms with Gasteiger partial charge in [0.2, 0.25) is 11.8 Å². The largest absolute Gasteiger partial charge is 0.370 e. The van der Waals surface area contributed by atoms with Crippen molar-refractivity contribution in [2.75, 3.05) is 0 Å². The summed E-state index contributed by atoms with van der Waals surface area (Å²) >= 11 is 0. The number of carbonyl (C=O) groups is 2. The van der Waals surface area contributed by atoms with Crippen LogP contribution in [0, 0.1) is 5.41 Å². The normalized spacial score (nSPS) is 25.2. The van der Waals surface area contributed by atoms with Crippen LogP contribution in [0.1, 0.15) is 26.7 Å². The number of primary amides is 1. The predicted octanol–water partition coefficient (Wildman–Crippen LogP) is -0.896. The molecule has 0 saturated heterocycles. The maximum absolute atomic E-state index is 11.4. The molecule has 2 amide bonds. The van der Waals surface area contributed by atoms with Crippen LogP contribution >= 0.6 is 0 Å². The number of nitrogens with one attached hydrogen (secondary N) is 1. The Morgan fingerprint density at radius 1 is 1.57 bits per heavy atom. The third-order valence-corrected chi connectivity index (χ3v) is 2.59. The van der Waals surface area contributed by atoms with Gasteiger partial charge >= 0.3 is 0 Å². The average molecular weight is 199 g/mol. The summed E-state index contributed by atoms with van der Waals surface area (Å²) in [6, 6.07) is -0.627. The maximum atomic E-state index is 11.4. The fourth-order valence-electron chi connectivity index (χ4n) is 1.30. The smallest absolute Gasteiger partial charge is 0.237 e. The molecule has 0 bridgehead atoms. The fraction of sp³-hybridized carbons (Fsp3) is 0.778. The summed E-state index contributed by atoms with van der Waals surface area (Å²) in [5, 5.41) is 2.78. The van der Waals surface area contributed by atoms with Crippen molar-refractivity contribution in [3.63, 3.8) is 0 Å². The van der Waals surface area contributed by atoms with E-state index in [1.165, 1.54) is 0 Å². The molecular weight excluding hydrogens is 182 g/mol. The molecule has 0 aromatic heterocycles. The third kappa shape index (κ3) is 2.70. The molecule has 0 radical (unpaired) electrons. The number of hydrogen-bond acceptors (Lipinski definition) is 3. The van der Waals surface area contributed by atoms with Crippen molar-refractivity contribution >= 4 is 11.8 Å². The lowest BCUT2D eigenvalue weighted by Crippen LogP contribution is -2.44. The molecular formula is C9H17N3O2. The standard InChI is InChI=1S/C9H17N3O2/c1-9(2)4-6(9)12-8(14)5(10)3-7(11)13/h5-6H,3-4,10H2,1-2H3,(H2,11,13)(H,12,14). The van der Waals surface area contributed by atoms with Gasteiger partial charge in [-0.2, -0.15) is 0 Å². The fourth-order valence-corrected chi connectivity index (χ4v) is 1.30. The molecule has 1 rings (SSSR count). The summed E-state index contributed by atoms with van der Waals surface area (Å²) in [6.45, 7) is 4.13. The number of nitrogens with two attached hydrogens (primary N) is 2. The van der Waals surface area contributed by atoms with Gasteiger partial charge < -0.3 is 16.8 Å². The molecule has 0 spiro atoms. The van der Waals surface area contributed by atoms with E-state index in [1.807, 2.05) is 0 Å². The van der Waals surface area contributed by atoms with Crippen LogP contribution in [0.5, 0.6) is 0 Å². The Labute approximate surface area is 83.2 Å². The minimum atomic E-state index is -0.816. The van der Waals surface area contributed by atoms with E-state index < -0.39 is 11.9 Å². The Balaban J connectivity index is 2.32. The van der Waals surface area contributed by atoms with Crippen LogP contribution in [0.25, 0.3) is 0 Å². The van der Waals surface area contributed by atoms with Gasteiger partial charge in [-0.3, -0.25) is 9.59 Å². The summed E-state index contributed by atoms with van der Waals surface area (Å²) in [7, 11) is 0. The minimum absolute atomic E-state index is 0.0982. The van der Waals surface area contributed by atoms with E-state index in [9.17, 15) is 9.59 Å². The SMILES string of the molecule is CC1(C)CC1NC(=O)C(N)CC(N)=O. The van der Waals surface area contributed by atoms with E-state index >= 15 is 0 Å². The first-order chi connectivity index (χ1) is 6.33. The first-order valence-corrected chi connectivity index (χ1v) is 4.67. The van der Waals surface area contributed by atoms with Gasteiger partial charge in [0.15, 0.2) is 0 Å². The van der Waals surface area contributed by atoms with Gasteiger partial charge in [0.1, 0.15) is 0 Å². The van der Waals surface area contributed by atoms with E-state index in [0.29, 0.717) is 0 Å². The highest BCUT2D eigenvalue weighted by molar-refractivity contribution is 5.87. The molecule has 0 aliphatic heterocycles. The van der Waals surface area contributed by atoms with E-state index in [4.69, 9.17) is 11.5 Å². The number of rotatable bonds is 4. The van der Waals surface area contributed by atoms with E-state index in [1.54, 1.807) is 0 Å². The van der Waals surface area contributed by atoms with Crippen LogP contribution in [0.2, 0.25) is 0 Å². The molecule has 1 aliphatic rings. The van der Waals surface area contributed by atoms with E-state index in [0.717, 1.165) is 6.42 Å². The van der Waals surface area contributed by atoms with Crippen molar-refractivity contribution in [3.8, 4) is 0 Å². The van der Waals surface area contributed by atoms with Crippen LogP contribution < -0.4 is 16.8 Å². The molecule has 1 fully saturated rings. The summed E-state index contributed by atoms with van der Waals surface area (Å²) < 4.78 is 0. The summed E-state index contributed by atoms with van der Waals surface area (Å²) in [4.78, 5) is 21.9. The molecule has 2 atom stereocenters. The first kappa shape index (κ1) is 11.0. The highest BCUT2D eigenvalue weighted by Crippen LogP contribution is 2.44. The van der Waals surface area contributed by atoms with E-state index in [2.05, 4.69) is 19.2 Å². The maximum Gasteiger partial charge on any atom is 0.237 e. The molecule has 0 heterocycles. The monoisotopic (exact) mass is 199 g/mol. The van der Waals surface area contributed by atoms with Crippen LogP contribution in [0.4, 0.5) is 0 Å². The van der Waals surface area contributed by atoms with Crippen LogP contribution in [0.15, 0.2) is 0 Å². The van der Waals surface area contributed by atoms with Crippen molar-refractivity contribution in [3.05, 3.63) is 0 Å². The molecule has 2 unspecified atom stereocenters. The van der Waals surface area contributed by atoms with Crippen molar-refractivity contribution in [2.24, 2.45) is 16.9 Å². The second-order valence-electron chi connectivity index (χ2n) is 4.53. The zero-order valence-corrected chi connectivity index (χ0v) is 8.54. The summed E-state index contributed by atoms with van der Waals surface area (Å²) in [6.07, 6.45) is 0.862. The van der Waals surface area contributed by atoms with Gasteiger partial charge in [0, 0.05) is 6.04 Å². The minimum Gasteiger partial charge on any atom is -0.370 e. The lowest BCUT2D eigenvalue weighted by Gasteiger charge is -2.11. The second kappa shape index (κ2) is 3.57. The van der Waals surface area contributed by atoms with Gasteiger partial charge in [-0.25, -0.2) is 0 Å². The summed E-state index contributed by atoms with van der Waals surface area (Å²) in [5.74, 6) is -0.845. The van der Waals surface area contributed by atoms with Crippen LogP contribution in [-0.2, 0) is 9.59 Å². The van der Waals surface area contributed by atoms with Crippen LogP contribution in [0.3, 0.4) is 0 Å². The average Bonchev–Trinajstić information content (AvgIpc) is 2.56. The van der Waals surface area contributed by atoms with Crippen molar-refractivity contribution < 1.29 is 9.59 Å². The Morgan fingerprint density at radius 3 is 2.43 bits per heavy atom. The molecule has 0 aromatic carbocycles. The lowest BCUT2D eigenvalue weighted by atomic mass is 10.1. The molecule has 1 saturated carbocycles. The van der Waals surface area contributed by atoms with Gasteiger partial charge in [0.25, 0.3) is 0 Å². The summed E-state index contributed by atoms with van der Waals surface area (Å²) in [5.41, 5.74) is 10.6. The van der Waals surface area contributed by atoms with Gasteiger partial charge in [-0.15, -0.1) is 0 Å². The Kier molecular flexibility index (Phi) is 2.80. The molecule has 14 heavy (non-hydrogen) atoms. The molecule has 0 aromatic rings. The van der Waals surface area contributed by atoms with E-state index in [-0.39, 0.29) is 23.8 Å². The Hall–Kier alpha value is -1.10. The van der Waals surface area contributed by atoms with Gasteiger partial charge in [-0.1, -0.05) is 13.8 Å². The highest BCUT2D eigenvalue weighted by atomic mass is 16.2. The quantitative estimate of drug-likeness (QED) is 0.547. The van der Waals surface area contributed by atoms with Crippen molar-refractivity contribution in [2.45, 2.75) is 38.8 Å². The number of carbonyl (C=O) groups excluding carboxylic acids is 2. The zero-order chi connectivity index (χ0) is 10.9. The Bertz CT molecular complexity index is 263. The van der Waals surface area contributed by atoms with Crippen molar-refractivity contribution in [1.82, 2.24) is 5.32 Å². The van der Waals surface area contributed by atoms with Gasteiger partial charge in [0.05, 0.1) is 12.5 Å². The molecule has 80 valence electrons. The first-order valence-electron chi connectivity index (χ1n) is 4.67. The second-order valence-corrected chi connectivity index (χ2v) is 4.53. The van der Waals surface area contributed by atoms with Crippen LogP contribution in [-0.4, -0.2) is 23.9 Å². The predicted molar refractivity (Wildman–Crippen MR) is 52.1 cm³/mol. The zero-order valence-electron chi connectivity index (χ0n) is 8.54. The highest BCUT2D eigenvalue weighted by Gasteiger charge is 2.46. The number of amides is 2. The molecule has 5 nitrogen and oxygen atoms in total. The number of hydrogen-bond donors (Lipinski definition) is 3. The third-order valence-electron chi connectivity index (χ3n) is 2.59. The Morgan fingerprint density at radius 2 is 2.07 bits per heavy atom. The molecule has 1 aliphatic carbocycles. The topological polar surface area (TPSA) is 98.2 Å². The lowest BCUT2D eigenvalue weighted by molar-refractivity contribution is -0.126. The molecule has 5 N–H and O–H groups in total. The van der Waals surface area contributed by atoms with Gasteiger partial charge in [-0.05, 0) is 11.8 Å².